The van der Waals surface area contributed by atoms with Gasteiger partial charge in [-0.2, -0.15) is 0 Å². The van der Waals surface area contributed by atoms with E-state index in [0.29, 0.717) is 0 Å². The van der Waals surface area contributed by atoms with Crippen LogP contribution in [-0.4, -0.2) is 5.91 Å². The van der Waals surface area contributed by atoms with Gasteiger partial charge in [0, 0.05) is 0 Å². The molecule has 0 bridgehead atoms. The van der Waals surface area contributed by atoms with Crippen LogP contribution in [0.3, 0.4) is 0 Å². The minimum Gasteiger partial charge on any atom is -0.459 e. The van der Waals surface area contributed by atoms with Crippen LogP contribution in [0.4, 0.5) is 10.1 Å². The second-order valence-electron chi connectivity index (χ2n) is 3.41. The molecule has 0 saturated heterocycles. The summed E-state index contributed by atoms with van der Waals surface area (Å²) < 4.78 is 18.3. The summed E-state index contributed by atoms with van der Waals surface area (Å²) in [5, 5.41) is 2.43. The molecule has 3 nitrogen and oxygen atoms in total. The van der Waals surface area contributed by atoms with Crippen LogP contribution < -0.4 is 5.32 Å². The van der Waals surface area contributed by atoms with E-state index >= 15 is 0 Å². The van der Waals surface area contributed by atoms with Gasteiger partial charge < -0.3 is 9.73 Å². The molecule has 4 heteroatoms. The first-order valence-corrected chi connectivity index (χ1v) is 4.78. The van der Waals surface area contributed by atoms with Crippen LogP contribution in [0.5, 0.6) is 0 Å². The zero-order chi connectivity index (χ0) is 11.5. The molecular formula is C12H10FNO2. The Hall–Kier alpha value is -2.10. The lowest BCUT2D eigenvalue weighted by molar-refractivity contribution is 0.0996. The quantitative estimate of drug-likeness (QED) is 0.843. The summed E-state index contributed by atoms with van der Waals surface area (Å²) in [6, 6.07) is 7.71. The van der Waals surface area contributed by atoms with Crippen molar-refractivity contribution in [2.45, 2.75) is 6.92 Å². The lowest BCUT2D eigenvalue weighted by Crippen LogP contribution is -2.12. The summed E-state index contributed by atoms with van der Waals surface area (Å²) in [7, 11) is 0. The summed E-state index contributed by atoms with van der Waals surface area (Å²) in [5.74, 6) is -0.771. The zero-order valence-electron chi connectivity index (χ0n) is 8.66. The van der Waals surface area contributed by atoms with E-state index in [1.54, 1.807) is 19.1 Å². The van der Waals surface area contributed by atoms with Crippen molar-refractivity contribution in [1.29, 1.82) is 0 Å². The molecule has 16 heavy (non-hydrogen) atoms. The van der Waals surface area contributed by atoms with Crippen molar-refractivity contribution >= 4 is 11.6 Å². The second-order valence-corrected chi connectivity index (χ2v) is 3.41. The summed E-state index contributed by atoms with van der Waals surface area (Å²) >= 11 is 0. The van der Waals surface area contributed by atoms with E-state index < -0.39 is 11.7 Å². The Morgan fingerprint density at radius 2 is 2.19 bits per heavy atom. The van der Waals surface area contributed by atoms with Crippen LogP contribution in [0.15, 0.2) is 41.0 Å². The number of amides is 1. The number of carbonyl (C=O) groups excluding carboxylic acids is 1. The van der Waals surface area contributed by atoms with E-state index in [9.17, 15) is 9.18 Å². The Bertz CT molecular complexity index is 506. The molecule has 1 amide bonds. The van der Waals surface area contributed by atoms with Gasteiger partial charge in [-0.15, -0.1) is 0 Å². The topological polar surface area (TPSA) is 42.2 Å². The van der Waals surface area contributed by atoms with Crippen LogP contribution in [0.1, 0.15) is 16.1 Å². The van der Waals surface area contributed by atoms with Crippen molar-refractivity contribution in [2.24, 2.45) is 0 Å². The summed E-state index contributed by atoms with van der Waals surface area (Å²) in [5.41, 5.74) is 0.945. The van der Waals surface area contributed by atoms with Gasteiger partial charge in [0.1, 0.15) is 5.82 Å². The largest absolute Gasteiger partial charge is 0.459 e. The fraction of sp³-hybridized carbons (Fsp3) is 0.0833. The third kappa shape index (κ3) is 2.11. The van der Waals surface area contributed by atoms with Gasteiger partial charge >= 0.3 is 0 Å². The van der Waals surface area contributed by atoms with Crippen molar-refractivity contribution in [2.75, 3.05) is 5.32 Å². The number of nitrogens with one attached hydrogen (secondary N) is 1. The number of hydrogen-bond acceptors (Lipinski definition) is 2. The van der Waals surface area contributed by atoms with Crippen molar-refractivity contribution in [1.82, 2.24) is 0 Å². The summed E-state index contributed by atoms with van der Waals surface area (Å²) in [6.45, 7) is 1.78. The first-order chi connectivity index (χ1) is 7.66. The molecule has 0 spiro atoms. The Morgan fingerprint density at radius 1 is 1.38 bits per heavy atom. The molecule has 1 aromatic carbocycles. The van der Waals surface area contributed by atoms with Gasteiger partial charge in [-0.05, 0) is 36.8 Å². The summed E-state index contributed by atoms with van der Waals surface area (Å²) in [4.78, 5) is 11.5. The predicted molar refractivity (Wildman–Crippen MR) is 57.8 cm³/mol. The standard InChI is InChI=1S/C12H10FNO2/c1-8-4-5-10(9(13)7-8)14-12(15)11-3-2-6-16-11/h2-7H,1H3,(H,14,15). The first kappa shape index (κ1) is 10.4. The number of hydrogen-bond donors (Lipinski definition) is 1. The van der Waals surface area contributed by atoms with Gasteiger partial charge in [-0.3, -0.25) is 4.79 Å². The van der Waals surface area contributed by atoms with E-state index in [4.69, 9.17) is 4.42 Å². The molecule has 82 valence electrons. The highest BCUT2D eigenvalue weighted by Gasteiger charge is 2.11. The molecule has 0 atom stereocenters. The Balaban J connectivity index is 2.18. The monoisotopic (exact) mass is 219 g/mol. The van der Waals surface area contributed by atoms with Gasteiger partial charge in [0.2, 0.25) is 0 Å². The molecule has 1 N–H and O–H groups in total. The molecule has 0 fully saturated rings. The minimum atomic E-state index is -0.465. The predicted octanol–water partition coefficient (Wildman–Crippen LogP) is 2.98. The zero-order valence-corrected chi connectivity index (χ0v) is 8.66. The van der Waals surface area contributed by atoms with Gasteiger partial charge in [0.05, 0.1) is 12.0 Å². The fourth-order valence-corrected chi connectivity index (χ4v) is 1.31. The molecule has 0 aliphatic carbocycles. The molecule has 1 aromatic heterocycles. The van der Waals surface area contributed by atoms with Crippen molar-refractivity contribution in [3.8, 4) is 0 Å². The van der Waals surface area contributed by atoms with Gasteiger partial charge in [-0.25, -0.2) is 4.39 Å². The lowest BCUT2D eigenvalue weighted by Gasteiger charge is -2.04. The second kappa shape index (κ2) is 4.18. The number of anilines is 1. The molecule has 1 heterocycles. The number of rotatable bonds is 2. The van der Waals surface area contributed by atoms with Crippen LogP contribution >= 0.6 is 0 Å². The molecule has 2 rings (SSSR count). The SMILES string of the molecule is Cc1ccc(NC(=O)c2ccco2)c(F)c1. The summed E-state index contributed by atoms with van der Waals surface area (Å²) in [6.07, 6.45) is 1.39. The Kier molecular flexibility index (Phi) is 2.72. The van der Waals surface area contributed by atoms with E-state index in [0.717, 1.165) is 5.56 Å². The fourth-order valence-electron chi connectivity index (χ4n) is 1.31. The van der Waals surface area contributed by atoms with Crippen LogP contribution in [-0.2, 0) is 0 Å². The maximum atomic E-state index is 13.4. The normalized spacial score (nSPS) is 10.1. The van der Waals surface area contributed by atoms with Gasteiger partial charge in [0.15, 0.2) is 5.76 Å². The minimum absolute atomic E-state index is 0.145. The molecule has 2 aromatic rings. The highest BCUT2D eigenvalue weighted by molar-refractivity contribution is 6.02. The lowest BCUT2D eigenvalue weighted by atomic mass is 10.2. The number of benzene rings is 1. The van der Waals surface area contributed by atoms with Gasteiger partial charge in [0.25, 0.3) is 5.91 Å². The molecule has 0 radical (unpaired) electrons. The molecule has 0 aliphatic heterocycles. The van der Waals surface area contributed by atoms with Crippen molar-refractivity contribution in [3.05, 3.63) is 53.7 Å². The number of aryl methyl sites for hydroxylation is 1. The average Bonchev–Trinajstić information content (AvgIpc) is 2.75. The van der Waals surface area contributed by atoms with Gasteiger partial charge in [-0.1, -0.05) is 6.07 Å². The van der Waals surface area contributed by atoms with E-state index in [2.05, 4.69) is 5.32 Å². The van der Waals surface area contributed by atoms with E-state index in [1.165, 1.54) is 24.5 Å². The third-order valence-electron chi connectivity index (χ3n) is 2.12. The van der Waals surface area contributed by atoms with Crippen molar-refractivity contribution in [3.63, 3.8) is 0 Å². The van der Waals surface area contributed by atoms with Crippen molar-refractivity contribution < 1.29 is 13.6 Å². The Morgan fingerprint density at radius 3 is 2.81 bits per heavy atom. The van der Waals surface area contributed by atoms with Crippen LogP contribution in [0.2, 0.25) is 0 Å². The Labute approximate surface area is 91.9 Å². The van der Waals surface area contributed by atoms with E-state index in [1.807, 2.05) is 0 Å². The highest BCUT2D eigenvalue weighted by Crippen LogP contribution is 2.16. The highest BCUT2D eigenvalue weighted by atomic mass is 19.1. The van der Waals surface area contributed by atoms with Crippen LogP contribution in [0, 0.1) is 12.7 Å². The smallest absolute Gasteiger partial charge is 0.291 e. The van der Waals surface area contributed by atoms with Crippen LogP contribution in [0.25, 0.3) is 0 Å². The van der Waals surface area contributed by atoms with E-state index in [-0.39, 0.29) is 11.4 Å². The maximum absolute atomic E-state index is 13.4. The maximum Gasteiger partial charge on any atom is 0.291 e. The molecule has 0 aliphatic rings. The third-order valence-corrected chi connectivity index (χ3v) is 2.12. The first-order valence-electron chi connectivity index (χ1n) is 4.78. The number of furan rings is 1. The average molecular weight is 219 g/mol. The molecular weight excluding hydrogens is 209 g/mol. The number of halogens is 1. The molecule has 0 saturated carbocycles. The molecule has 0 unspecified atom stereocenters. The number of carbonyl (C=O) groups is 1.